The molecule has 120 valence electrons. The van der Waals surface area contributed by atoms with Crippen LogP contribution in [-0.2, 0) is 14.6 Å². The van der Waals surface area contributed by atoms with Gasteiger partial charge in [-0.25, -0.2) is 8.42 Å². The Kier molecular flexibility index (Phi) is 8.02. The molecule has 1 N–H and O–H groups in total. The summed E-state index contributed by atoms with van der Waals surface area (Å²) in [6.07, 6.45) is 3.13. The molecular formula is C14H30N2O3S. The van der Waals surface area contributed by atoms with Gasteiger partial charge in [0.15, 0.2) is 9.84 Å². The van der Waals surface area contributed by atoms with Gasteiger partial charge in [-0.15, -0.1) is 0 Å². The molecule has 1 atom stereocenters. The smallest absolute Gasteiger partial charge is 0.153 e. The summed E-state index contributed by atoms with van der Waals surface area (Å²) in [5.41, 5.74) is 0. The van der Waals surface area contributed by atoms with Gasteiger partial charge in [0.25, 0.3) is 0 Å². The van der Waals surface area contributed by atoms with Crippen molar-refractivity contribution >= 4 is 9.84 Å². The van der Waals surface area contributed by atoms with Crippen LogP contribution in [0.15, 0.2) is 0 Å². The average Bonchev–Trinajstić information content (AvgIpc) is 2.41. The second kappa shape index (κ2) is 8.97. The Balaban J connectivity index is 2.48. The Labute approximate surface area is 124 Å². The van der Waals surface area contributed by atoms with Gasteiger partial charge in [-0.2, -0.15) is 0 Å². The van der Waals surface area contributed by atoms with E-state index >= 15 is 0 Å². The first-order valence-corrected chi connectivity index (χ1v) is 9.51. The third-order valence-electron chi connectivity index (χ3n) is 4.11. The fraction of sp³-hybridized carbons (Fsp3) is 1.00. The molecule has 5 nitrogen and oxygen atoms in total. The topological polar surface area (TPSA) is 58.6 Å². The highest BCUT2D eigenvalue weighted by Gasteiger charge is 2.25. The zero-order valence-electron chi connectivity index (χ0n) is 13.1. The van der Waals surface area contributed by atoms with E-state index < -0.39 is 9.84 Å². The van der Waals surface area contributed by atoms with Crippen LogP contribution in [0.5, 0.6) is 0 Å². The van der Waals surface area contributed by atoms with E-state index in [0.29, 0.717) is 12.6 Å². The number of hydrogen-bond acceptors (Lipinski definition) is 5. The van der Waals surface area contributed by atoms with Crippen molar-refractivity contribution in [1.29, 1.82) is 0 Å². The number of rotatable bonds is 9. The number of hydrogen-bond donors (Lipinski definition) is 1. The summed E-state index contributed by atoms with van der Waals surface area (Å²) < 4.78 is 28.5. The lowest BCUT2D eigenvalue weighted by Gasteiger charge is -2.32. The van der Waals surface area contributed by atoms with Gasteiger partial charge in [-0.1, -0.05) is 13.8 Å². The van der Waals surface area contributed by atoms with Gasteiger partial charge in [0.05, 0.1) is 18.1 Å². The lowest BCUT2D eigenvalue weighted by atomic mass is 10.1. The van der Waals surface area contributed by atoms with Crippen LogP contribution < -0.4 is 5.32 Å². The zero-order chi connectivity index (χ0) is 15.0. The predicted octanol–water partition coefficient (Wildman–Crippen LogP) is 0.900. The summed E-state index contributed by atoms with van der Waals surface area (Å²) in [5, 5.41) is 3.32. The Morgan fingerprint density at radius 1 is 1.30 bits per heavy atom. The molecule has 0 amide bonds. The molecule has 0 bridgehead atoms. The molecule has 1 fully saturated rings. The minimum atomic E-state index is -2.83. The number of sulfone groups is 1. The SMILES string of the molecule is CCC(CC)N(CCOC)CCC1CS(=O)(=O)CCN1. The van der Waals surface area contributed by atoms with Crippen molar-refractivity contribution < 1.29 is 13.2 Å². The lowest BCUT2D eigenvalue weighted by Crippen LogP contribution is -2.47. The third kappa shape index (κ3) is 6.08. The van der Waals surface area contributed by atoms with Crippen molar-refractivity contribution in [2.75, 3.05) is 44.9 Å². The highest BCUT2D eigenvalue weighted by atomic mass is 32.2. The van der Waals surface area contributed by atoms with Gasteiger partial charge in [0, 0.05) is 38.8 Å². The van der Waals surface area contributed by atoms with E-state index in [-0.39, 0.29) is 17.5 Å². The summed E-state index contributed by atoms with van der Waals surface area (Å²) in [7, 11) is -1.11. The Hall–Kier alpha value is -0.170. The van der Waals surface area contributed by atoms with Crippen LogP contribution in [0.1, 0.15) is 33.1 Å². The van der Waals surface area contributed by atoms with Crippen LogP contribution in [0.2, 0.25) is 0 Å². The number of nitrogens with one attached hydrogen (secondary N) is 1. The van der Waals surface area contributed by atoms with E-state index in [1.165, 1.54) is 0 Å². The molecule has 1 rings (SSSR count). The molecule has 0 aromatic carbocycles. The van der Waals surface area contributed by atoms with Crippen LogP contribution in [0.3, 0.4) is 0 Å². The molecule has 1 unspecified atom stereocenters. The average molecular weight is 306 g/mol. The second-order valence-electron chi connectivity index (χ2n) is 5.55. The van der Waals surface area contributed by atoms with Crippen molar-refractivity contribution in [1.82, 2.24) is 10.2 Å². The lowest BCUT2D eigenvalue weighted by molar-refractivity contribution is 0.112. The van der Waals surface area contributed by atoms with Crippen molar-refractivity contribution in [3.05, 3.63) is 0 Å². The van der Waals surface area contributed by atoms with Crippen LogP contribution in [0, 0.1) is 0 Å². The number of methoxy groups -OCH3 is 1. The Morgan fingerprint density at radius 2 is 2.00 bits per heavy atom. The van der Waals surface area contributed by atoms with E-state index in [1.54, 1.807) is 7.11 Å². The van der Waals surface area contributed by atoms with Crippen LogP contribution in [0.25, 0.3) is 0 Å². The molecule has 0 radical (unpaired) electrons. The highest BCUT2D eigenvalue weighted by molar-refractivity contribution is 7.91. The first kappa shape index (κ1) is 17.9. The van der Waals surface area contributed by atoms with Crippen molar-refractivity contribution in [3.8, 4) is 0 Å². The molecule has 0 saturated carbocycles. The maximum Gasteiger partial charge on any atom is 0.153 e. The summed E-state index contributed by atoms with van der Waals surface area (Å²) in [5.74, 6) is 0.567. The zero-order valence-corrected chi connectivity index (χ0v) is 13.9. The van der Waals surface area contributed by atoms with Crippen molar-refractivity contribution in [2.45, 2.75) is 45.2 Å². The van der Waals surface area contributed by atoms with Gasteiger partial charge in [0.1, 0.15) is 0 Å². The first-order valence-electron chi connectivity index (χ1n) is 7.69. The van der Waals surface area contributed by atoms with E-state index in [9.17, 15) is 8.42 Å². The Bertz CT molecular complexity index is 355. The summed E-state index contributed by atoms with van der Waals surface area (Å²) in [6.45, 7) is 7.59. The van der Waals surface area contributed by atoms with E-state index in [2.05, 4.69) is 24.1 Å². The molecule has 20 heavy (non-hydrogen) atoms. The fourth-order valence-corrected chi connectivity index (χ4v) is 4.36. The molecule has 0 spiro atoms. The maximum atomic E-state index is 11.7. The monoisotopic (exact) mass is 306 g/mol. The maximum absolute atomic E-state index is 11.7. The van der Waals surface area contributed by atoms with Gasteiger partial charge < -0.3 is 10.1 Å². The van der Waals surface area contributed by atoms with Gasteiger partial charge in [-0.05, 0) is 19.3 Å². The fourth-order valence-electron chi connectivity index (χ4n) is 2.86. The van der Waals surface area contributed by atoms with Gasteiger partial charge >= 0.3 is 0 Å². The first-order chi connectivity index (χ1) is 9.52. The molecule has 1 aliphatic rings. The molecular weight excluding hydrogens is 276 g/mol. The van der Waals surface area contributed by atoms with E-state index in [1.807, 2.05) is 0 Å². The molecule has 0 aromatic heterocycles. The number of nitrogens with zero attached hydrogens (tertiary/aromatic N) is 1. The normalized spacial score (nSPS) is 22.6. The third-order valence-corrected chi connectivity index (χ3v) is 5.84. The molecule has 1 heterocycles. The van der Waals surface area contributed by atoms with E-state index in [0.717, 1.165) is 39.0 Å². The minimum Gasteiger partial charge on any atom is -0.383 e. The van der Waals surface area contributed by atoms with Crippen molar-refractivity contribution in [2.24, 2.45) is 0 Å². The van der Waals surface area contributed by atoms with Gasteiger partial charge in [-0.3, -0.25) is 4.90 Å². The largest absolute Gasteiger partial charge is 0.383 e. The molecule has 1 aliphatic heterocycles. The minimum absolute atomic E-state index is 0.105. The standard InChI is InChI=1S/C14H30N2O3S/c1-4-14(5-2)16(9-10-19-3)8-6-13-12-20(17,18)11-7-15-13/h13-15H,4-12H2,1-3H3. The van der Waals surface area contributed by atoms with Crippen LogP contribution >= 0.6 is 0 Å². The molecule has 1 saturated heterocycles. The summed E-state index contributed by atoms with van der Waals surface area (Å²) in [4.78, 5) is 2.44. The number of ether oxygens (including phenoxy) is 1. The molecule has 6 heteroatoms. The van der Waals surface area contributed by atoms with Gasteiger partial charge in [0.2, 0.25) is 0 Å². The van der Waals surface area contributed by atoms with Crippen LogP contribution in [0.4, 0.5) is 0 Å². The highest BCUT2D eigenvalue weighted by Crippen LogP contribution is 2.12. The van der Waals surface area contributed by atoms with E-state index in [4.69, 9.17) is 4.74 Å². The quantitative estimate of drug-likeness (QED) is 0.686. The molecule has 0 aromatic rings. The Morgan fingerprint density at radius 3 is 2.55 bits per heavy atom. The summed E-state index contributed by atoms with van der Waals surface area (Å²) >= 11 is 0. The predicted molar refractivity (Wildman–Crippen MR) is 82.9 cm³/mol. The second-order valence-corrected chi connectivity index (χ2v) is 7.78. The molecule has 0 aliphatic carbocycles. The van der Waals surface area contributed by atoms with Crippen LogP contribution in [-0.4, -0.2) is 70.3 Å². The van der Waals surface area contributed by atoms with Crippen molar-refractivity contribution in [3.63, 3.8) is 0 Å². The summed E-state index contributed by atoms with van der Waals surface area (Å²) in [6, 6.07) is 0.665.